The van der Waals surface area contributed by atoms with E-state index in [1.807, 2.05) is 35.6 Å². The van der Waals surface area contributed by atoms with Gasteiger partial charge in [-0.05, 0) is 59.3 Å². The quantitative estimate of drug-likeness (QED) is 0.179. The number of hydrogen-bond acceptors (Lipinski definition) is 5. The molecular formula is C53H30N4OS. The second-order valence-electron chi connectivity index (χ2n) is 15.2. The first-order valence-electron chi connectivity index (χ1n) is 19.8. The molecule has 4 heterocycles. The van der Waals surface area contributed by atoms with Crippen molar-refractivity contribution in [3.63, 3.8) is 0 Å². The number of fused-ring (bicyclic) bond motifs is 13. The molecule has 0 spiro atoms. The number of benzene rings is 9. The highest BCUT2D eigenvalue weighted by molar-refractivity contribution is 7.26. The fraction of sp³-hybridized carbons (Fsp3) is 0. The van der Waals surface area contributed by atoms with Crippen LogP contribution < -0.4 is 0 Å². The second kappa shape index (κ2) is 12.4. The first-order chi connectivity index (χ1) is 29.2. The molecule has 274 valence electrons. The summed E-state index contributed by atoms with van der Waals surface area (Å²) in [4.78, 5) is 15.5. The van der Waals surface area contributed by atoms with E-state index in [1.54, 1.807) is 0 Å². The lowest BCUT2D eigenvalue weighted by Gasteiger charge is -2.15. The Balaban J connectivity index is 1.14. The molecule has 0 aliphatic heterocycles. The van der Waals surface area contributed by atoms with Crippen LogP contribution in [0.3, 0.4) is 0 Å². The van der Waals surface area contributed by atoms with Crippen LogP contribution in [0, 0.1) is 0 Å². The Bertz CT molecular complexity index is 3860. The summed E-state index contributed by atoms with van der Waals surface area (Å²) in [5, 5.41) is 11.5. The van der Waals surface area contributed by atoms with E-state index in [0.29, 0.717) is 17.5 Å². The Morgan fingerprint density at radius 1 is 0.407 bits per heavy atom. The third kappa shape index (κ3) is 4.87. The number of furan rings is 1. The Morgan fingerprint density at radius 2 is 1.07 bits per heavy atom. The maximum atomic E-state index is 6.71. The van der Waals surface area contributed by atoms with Crippen molar-refractivity contribution in [2.24, 2.45) is 0 Å². The van der Waals surface area contributed by atoms with E-state index in [4.69, 9.17) is 19.4 Å². The fourth-order valence-corrected chi connectivity index (χ4v) is 10.2. The Labute approximate surface area is 341 Å². The molecule has 0 saturated heterocycles. The monoisotopic (exact) mass is 770 g/mol. The average Bonchev–Trinajstić information content (AvgIpc) is 3.98. The average molecular weight is 771 g/mol. The molecule has 0 aliphatic carbocycles. The van der Waals surface area contributed by atoms with Crippen LogP contribution >= 0.6 is 11.3 Å². The van der Waals surface area contributed by atoms with Gasteiger partial charge >= 0.3 is 0 Å². The smallest absolute Gasteiger partial charge is 0.164 e. The lowest BCUT2D eigenvalue weighted by Crippen LogP contribution is -2.01. The topological polar surface area (TPSA) is 56.7 Å². The van der Waals surface area contributed by atoms with Crippen LogP contribution in [0.5, 0.6) is 0 Å². The molecule has 13 rings (SSSR count). The van der Waals surface area contributed by atoms with Gasteiger partial charge in [0, 0.05) is 69.2 Å². The van der Waals surface area contributed by atoms with Crippen LogP contribution in [0.1, 0.15) is 0 Å². The van der Waals surface area contributed by atoms with Crippen molar-refractivity contribution in [2.45, 2.75) is 0 Å². The second-order valence-corrected chi connectivity index (χ2v) is 16.2. The number of aromatic nitrogens is 4. The first-order valence-corrected chi connectivity index (χ1v) is 20.6. The van der Waals surface area contributed by atoms with E-state index in [2.05, 4.69) is 162 Å². The van der Waals surface area contributed by atoms with Gasteiger partial charge in [0.2, 0.25) is 0 Å². The van der Waals surface area contributed by atoms with E-state index >= 15 is 0 Å². The molecule has 0 aliphatic rings. The summed E-state index contributed by atoms with van der Waals surface area (Å²) in [6.07, 6.45) is 0. The van der Waals surface area contributed by atoms with Crippen molar-refractivity contribution < 1.29 is 4.42 Å². The molecule has 0 bridgehead atoms. The van der Waals surface area contributed by atoms with Gasteiger partial charge in [-0.15, -0.1) is 11.3 Å². The van der Waals surface area contributed by atoms with E-state index < -0.39 is 0 Å². The molecule has 13 aromatic rings. The van der Waals surface area contributed by atoms with Gasteiger partial charge in [-0.25, -0.2) is 15.0 Å². The SMILES string of the molecule is c1ccc(-c2nc(-c3ccc4ccccc4c3)nc(-c3ccc4c(c3)c(-n3c5ccccc5c5ccc6sc7ccccc7c6c53)cc3c5ccccc5oc43)n2)cc1. The van der Waals surface area contributed by atoms with Crippen molar-refractivity contribution in [1.29, 1.82) is 0 Å². The van der Waals surface area contributed by atoms with Crippen LogP contribution in [0.15, 0.2) is 186 Å². The Kier molecular flexibility index (Phi) is 6.82. The van der Waals surface area contributed by atoms with Gasteiger partial charge in [0.15, 0.2) is 17.5 Å². The summed E-state index contributed by atoms with van der Waals surface area (Å²) in [6.45, 7) is 0. The maximum Gasteiger partial charge on any atom is 0.164 e. The van der Waals surface area contributed by atoms with Crippen molar-refractivity contribution in [3.8, 4) is 39.9 Å². The number of hydrogen-bond donors (Lipinski definition) is 0. The summed E-state index contributed by atoms with van der Waals surface area (Å²) in [5.41, 5.74) is 7.90. The highest BCUT2D eigenvalue weighted by Gasteiger charge is 2.23. The van der Waals surface area contributed by atoms with E-state index in [9.17, 15) is 0 Å². The molecule has 0 N–H and O–H groups in total. The highest BCUT2D eigenvalue weighted by Crippen LogP contribution is 2.46. The van der Waals surface area contributed by atoms with E-state index in [0.717, 1.165) is 66.0 Å². The van der Waals surface area contributed by atoms with Gasteiger partial charge in [-0.1, -0.05) is 133 Å². The highest BCUT2D eigenvalue weighted by atomic mass is 32.1. The summed E-state index contributed by atoms with van der Waals surface area (Å²) >= 11 is 1.85. The van der Waals surface area contributed by atoms with Crippen molar-refractivity contribution in [1.82, 2.24) is 19.5 Å². The minimum atomic E-state index is 0.605. The van der Waals surface area contributed by atoms with Crippen molar-refractivity contribution in [3.05, 3.63) is 182 Å². The molecule has 0 radical (unpaired) electrons. The zero-order valence-corrected chi connectivity index (χ0v) is 32.2. The molecule has 59 heavy (non-hydrogen) atoms. The minimum Gasteiger partial charge on any atom is -0.455 e. The predicted octanol–water partition coefficient (Wildman–Crippen LogP) is 14.5. The molecule has 4 aromatic heterocycles. The van der Waals surface area contributed by atoms with Crippen molar-refractivity contribution in [2.75, 3.05) is 0 Å². The third-order valence-corrected chi connectivity index (χ3v) is 12.9. The standard InChI is InChI=1S/C53H30N4OS/c1-2-13-32(14-3-1)51-54-52(34-23-22-31-12-4-5-15-33(31)28-34)56-53(55-51)35-24-25-39-41(29-35)44(30-42-37-17-7-10-20-45(37)58-50(39)42)57-43-19-9-6-16-36(43)38-26-27-47-48(49(38)57)40-18-8-11-21-46(40)59-47/h1-30H. The predicted molar refractivity (Wildman–Crippen MR) is 246 cm³/mol. The summed E-state index contributed by atoms with van der Waals surface area (Å²) < 4.78 is 11.7. The van der Waals surface area contributed by atoms with Crippen LogP contribution in [0.25, 0.3) is 125 Å². The normalized spacial score (nSPS) is 12.1. The van der Waals surface area contributed by atoms with Crippen molar-refractivity contribution >= 4 is 96.8 Å². The molecule has 0 fully saturated rings. The number of thiophene rings is 1. The lowest BCUT2D eigenvalue weighted by molar-refractivity contribution is 0.672. The molecule has 6 heteroatoms. The Hall–Kier alpha value is -7.67. The molecule has 0 unspecified atom stereocenters. The summed E-state index contributed by atoms with van der Waals surface area (Å²) in [6, 6.07) is 64.3. The van der Waals surface area contributed by atoms with Crippen LogP contribution in [-0.4, -0.2) is 19.5 Å². The lowest BCUT2D eigenvalue weighted by atomic mass is 10.0. The largest absolute Gasteiger partial charge is 0.455 e. The Morgan fingerprint density at radius 3 is 1.93 bits per heavy atom. The number of nitrogens with zero attached hydrogens (tertiary/aromatic N) is 4. The number of para-hydroxylation sites is 2. The fourth-order valence-electron chi connectivity index (χ4n) is 9.10. The van der Waals surface area contributed by atoms with Crippen LogP contribution in [0.2, 0.25) is 0 Å². The third-order valence-electron chi connectivity index (χ3n) is 11.8. The summed E-state index contributed by atoms with van der Waals surface area (Å²) in [5.74, 6) is 1.86. The molecule has 0 atom stereocenters. The van der Waals surface area contributed by atoms with Gasteiger partial charge in [0.25, 0.3) is 0 Å². The van der Waals surface area contributed by atoms with Gasteiger partial charge in [0.05, 0.1) is 16.7 Å². The van der Waals surface area contributed by atoms with E-state index in [1.165, 1.54) is 41.8 Å². The molecule has 0 saturated carbocycles. The van der Waals surface area contributed by atoms with Gasteiger partial charge < -0.3 is 8.98 Å². The summed E-state index contributed by atoms with van der Waals surface area (Å²) in [7, 11) is 0. The first kappa shape index (κ1) is 32.4. The minimum absolute atomic E-state index is 0.605. The molecule has 0 amide bonds. The zero-order chi connectivity index (χ0) is 38.6. The van der Waals surface area contributed by atoms with Gasteiger partial charge in [-0.2, -0.15) is 0 Å². The number of rotatable bonds is 4. The molecular weight excluding hydrogens is 741 g/mol. The van der Waals surface area contributed by atoms with Crippen LogP contribution in [-0.2, 0) is 0 Å². The maximum absolute atomic E-state index is 6.71. The van der Waals surface area contributed by atoms with Gasteiger partial charge in [0.1, 0.15) is 11.2 Å². The zero-order valence-electron chi connectivity index (χ0n) is 31.4. The molecule has 9 aromatic carbocycles. The van der Waals surface area contributed by atoms with Crippen LogP contribution in [0.4, 0.5) is 0 Å². The van der Waals surface area contributed by atoms with E-state index in [-0.39, 0.29) is 0 Å². The van der Waals surface area contributed by atoms with Gasteiger partial charge in [-0.3, -0.25) is 0 Å². The molecule has 5 nitrogen and oxygen atoms in total.